The number of fused-ring (bicyclic) bond motifs is 1. The molecule has 5 nitrogen and oxygen atoms in total. The summed E-state index contributed by atoms with van der Waals surface area (Å²) in [6, 6.07) is 5.95. The Morgan fingerprint density at radius 1 is 1.33 bits per heavy atom. The molecular formula is C14H13FN4OS. The lowest BCUT2D eigenvalue weighted by atomic mass is 10.1. The molecule has 1 aromatic carbocycles. The van der Waals surface area contributed by atoms with Crippen molar-refractivity contribution >= 4 is 22.2 Å². The van der Waals surface area contributed by atoms with Crippen LogP contribution in [0.5, 0.6) is 0 Å². The molecule has 1 N–H and O–H groups in total. The molecule has 108 valence electrons. The Bertz CT molecular complexity index is 750. The molecule has 1 amide bonds. The number of thiazole rings is 1. The van der Waals surface area contributed by atoms with Crippen LogP contribution >= 0.6 is 11.3 Å². The van der Waals surface area contributed by atoms with Crippen LogP contribution in [0, 0.1) is 5.82 Å². The van der Waals surface area contributed by atoms with Crippen molar-refractivity contribution in [2.75, 3.05) is 6.54 Å². The molecule has 0 fully saturated rings. The number of amides is 1. The van der Waals surface area contributed by atoms with Gasteiger partial charge in [-0.25, -0.2) is 4.39 Å². The second-order valence-electron chi connectivity index (χ2n) is 4.61. The minimum atomic E-state index is -0.297. The Labute approximate surface area is 124 Å². The van der Waals surface area contributed by atoms with E-state index in [2.05, 4.69) is 15.5 Å². The highest BCUT2D eigenvalue weighted by Gasteiger charge is 2.06. The van der Waals surface area contributed by atoms with Crippen molar-refractivity contribution < 1.29 is 9.18 Å². The molecule has 21 heavy (non-hydrogen) atoms. The molecule has 0 aliphatic heterocycles. The van der Waals surface area contributed by atoms with Gasteiger partial charge in [-0.15, -0.1) is 21.5 Å². The van der Waals surface area contributed by atoms with Gasteiger partial charge in [0.25, 0.3) is 0 Å². The molecule has 0 unspecified atom stereocenters. The first-order chi connectivity index (χ1) is 10.2. The van der Waals surface area contributed by atoms with E-state index in [1.165, 1.54) is 23.5 Å². The second kappa shape index (κ2) is 6.01. The fraction of sp³-hybridized carbons (Fsp3) is 0.214. The molecule has 2 heterocycles. The summed E-state index contributed by atoms with van der Waals surface area (Å²) in [6.45, 7) is 0.546. The van der Waals surface area contributed by atoms with E-state index in [0.29, 0.717) is 13.0 Å². The number of nitrogens with zero attached hydrogens (tertiary/aromatic N) is 3. The summed E-state index contributed by atoms with van der Waals surface area (Å²) in [5, 5.41) is 12.7. The van der Waals surface area contributed by atoms with E-state index in [1.54, 1.807) is 18.5 Å². The molecule has 0 atom stereocenters. The SMILES string of the molecule is O=C(Cc1ccc(F)cc1)NCCc1csc2nncn12. The van der Waals surface area contributed by atoms with E-state index in [1.807, 2.05) is 9.78 Å². The van der Waals surface area contributed by atoms with Crippen LogP contribution in [-0.2, 0) is 17.6 Å². The van der Waals surface area contributed by atoms with Gasteiger partial charge in [0.2, 0.25) is 10.9 Å². The number of nitrogens with one attached hydrogen (secondary N) is 1. The highest BCUT2D eigenvalue weighted by molar-refractivity contribution is 7.15. The maximum absolute atomic E-state index is 12.8. The smallest absolute Gasteiger partial charge is 0.224 e. The third-order valence-corrected chi connectivity index (χ3v) is 3.99. The number of carbonyl (C=O) groups excluding carboxylic acids is 1. The third kappa shape index (κ3) is 3.25. The zero-order chi connectivity index (χ0) is 14.7. The second-order valence-corrected chi connectivity index (χ2v) is 5.45. The third-order valence-electron chi connectivity index (χ3n) is 3.11. The van der Waals surface area contributed by atoms with Crippen LogP contribution in [0.25, 0.3) is 4.96 Å². The monoisotopic (exact) mass is 304 g/mol. The molecule has 3 rings (SSSR count). The van der Waals surface area contributed by atoms with Gasteiger partial charge in [-0.3, -0.25) is 9.20 Å². The fourth-order valence-electron chi connectivity index (χ4n) is 2.04. The van der Waals surface area contributed by atoms with Gasteiger partial charge < -0.3 is 5.32 Å². The van der Waals surface area contributed by atoms with Crippen molar-refractivity contribution in [2.45, 2.75) is 12.8 Å². The van der Waals surface area contributed by atoms with Crippen LogP contribution in [-0.4, -0.2) is 27.0 Å². The van der Waals surface area contributed by atoms with Crippen LogP contribution in [0.15, 0.2) is 36.0 Å². The zero-order valence-corrected chi connectivity index (χ0v) is 11.9. The molecule has 0 saturated heterocycles. The van der Waals surface area contributed by atoms with Crippen molar-refractivity contribution in [3.8, 4) is 0 Å². The van der Waals surface area contributed by atoms with Gasteiger partial charge >= 0.3 is 0 Å². The summed E-state index contributed by atoms with van der Waals surface area (Å²) in [4.78, 5) is 12.7. The number of rotatable bonds is 5. The van der Waals surface area contributed by atoms with Gasteiger partial charge in [-0.2, -0.15) is 0 Å². The molecule has 2 aromatic heterocycles. The first-order valence-electron chi connectivity index (χ1n) is 6.49. The first-order valence-corrected chi connectivity index (χ1v) is 7.37. The van der Waals surface area contributed by atoms with Gasteiger partial charge in [-0.1, -0.05) is 12.1 Å². The van der Waals surface area contributed by atoms with E-state index in [-0.39, 0.29) is 18.1 Å². The summed E-state index contributed by atoms with van der Waals surface area (Å²) in [7, 11) is 0. The molecule has 3 aromatic rings. The summed E-state index contributed by atoms with van der Waals surface area (Å²) in [5.74, 6) is -0.369. The van der Waals surface area contributed by atoms with E-state index < -0.39 is 0 Å². The van der Waals surface area contributed by atoms with Crippen LogP contribution < -0.4 is 5.32 Å². The summed E-state index contributed by atoms with van der Waals surface area (Å²) >= 11 is 1.52. The predicted octanol–water partition coefficient (Wildman–Crippen LogP) is 1.83. The molecule has 0 saturated carbocycles. The zero-order valence-electron chi connectivity index (χ0n) is 11.1. The van der Waals surface area contributed by atoms with Crippen molar-refractivity contribution in [3.05, 3.63) is 53.0 Å². The van der Waals surface area contributed by atoms with Crippen molar-refractivity contribution in [3.63, 3.8) is 0 Å². The van der Waals surface area contributed by atoms with E-state index in [4.69, 9.17) is 0 Å². The number of hydrogen-bond donors (Lipinski definition) is 1. The largest absolute Gasteiger partial charge is 0.355 e. The Morgan fingerprint density at radius 2 is 2.14 bits per heavy atom. The summed E-state index contributed by atoms with van der Waals surface area (Å²) < 4.78 is 14.7. The number of aromatic nitrogens is 3. The topological polar surface area (TPSA) is 59.3 Å². The number of carbonyl (C=O) groups is 1. The first kappa shape index (κ1) is 13.7. The van der Waals surface area contributed by atoms with Gasteiger partial charge in [0, 0.05) is 24.0 Å². The van der Waals surface area contributed by atoms with Crippen molar-refractivity contribution in [2.24, 2.45) is 0 Å². The van der Waals surface area contributed by atoms with Crippen LogP contribution in [0.4, 0.5) is 4.39 Å². The Kier molecular flexibility index (Phi) is 3.92. The molecular weight excluding hydrogens is 291 g/mol. The minimum absolute atomic E-state index is 0.0724. The van der Waals surface area contributed by atoms with Gasteiger partial charge in [0.15, 0.2) is 0 Å². The number of benzene rings is 1. The fourth-order valence-corrected chi connectivity index (χ4v) is 2.88. The van der Waals surface area contributed by atoms with Crippen LogP contribution in [0.2, 0.25) is 0 Å². The van der Waals surface area contributed by atoms with Crippen LogP contribution in [0.3, 0.4) is 0 Å². The Hall–Kier alpha value is -2.28. The summed E-state index contributed by atoms with van der Waals surface area (Å²) in [6.07, 6.45) is 2.64. The Balaban J connectivity index is 1.50. The molecule has 0 radical (unpaired) electrons. The molecule has 0 aliphatic carbocycles. The highest BCUT2D eigenvalue weighted by Crippen LogP contribution is 2.13. The number of halogens is 1. The number of hydrogen-bond acceptors (Lipinski definition) is 4. The lowest BCUT2D eigenvalue weighted by Crippen LogP contribution is -2.27. The van der Waals surface area contributed by atoms with Crippen molar-refractivity contribution in [1.29, 1.82) is 0 Å². The lowest BCUT2D eigenvalue weighted by molar-refractivity contribution is -0.120. The maximum Gasteiger partial charge on any atom is 0.224 e. The average molecular weight is 304 g/mol. The average Bonchev–Trinajstić information content (AvgIpc) is 3.06. The van der Waals surface area contributed by atoms with Gasteiger partial charge in [-0.05, 0) is 17.7 Å². The van der Waals surface area contributed by atoms with E-state index in [9.17, 15) is 9.18 Å². The summed E-state index contributed by atoms with van der Waals surface area (Å²) in [5.41, 5.74) is 1.87. The molecule has 0 bridgehead atoms. The predicted molar refractivity (Wildman–Crippen MR) is 77.7 cm³/mol. The minimum Gasteiger partial charge on any atom is -0.355 e. The normalized spacial score (nSPS) is 10.9. The standard InChI is InChI=1S/C14H13FN4OS/c15-11-3-1-10(2-4-11)7-13(20)16-6-5-12-8-21-14-18-17-9-19(12)14/h1-4,8-9H,5-7H2,(H,16,20). The highest BCUT2D eigenvalue weighted by atomic mass is 32.1. The Morgan fingerprint density at radius 3 is 2.95 bits per heavy atom. The molecule has 7 heteroatoms. The van der Waals surface area contributed by atoms with Gasteiger partial charge in [0.1, 0.15) is 12.1 Å². The van der Waals surface area contributed by atoms with Crippen LogP contribution in [0.1, 0.15) is 11.3 Å². The molecule has 0 aliphatic rings. The molecule has 0 spiro atoms. The van der Waals surface area contributed by atoms with Gasteiger partial charge in [0.05, 0.1) is 6.42 Å². The van der Waals surface area contributed by atoms with Crippen molar-refractivity contribution in [1.82, 2.24) is 19.9 Å². The van der Waals surface area contributed by atoms with E-state index in [0.717, 1.165) is 16.2 Å². The van der Waals surface area contributed by atoms with E-state index >= 15 is 0 Å². The maximum atomic E-state index is 12.8. The quantitative estimate of drug-likeness (QED) is 0.782. The lowest BCUT2D eigenvalue weighted by Gasteiger charge is -2.05.